The second-order valence-corrected chi connectivity index (χ2v) is 7.03. The smallest absolute Gasteiger partial charge is 0.207 e. The van der Waals surface area contributed by atoms with E-state index in [2.05, 4.69) is 0 Å². The molecule has 0 bridgehead atoms. The Hall–Kier alpha value is -2.69. The first kappa shape index (κ1) is 19.1. The van der Waals surface area contributed by atoms with Crippen LogP contribution in [0.1, 0.15) is 36.5 Å². The zero-order chi connectivity index (χ0) is 19.4. The Morgan fingerprint density at radius 3 is 2.44 bits per heavy atom. The summed E-state index contributed by atoms with van der Waals surface area (Å²) in [5.41, 5.74) is 2.56. The van der Waals surface area contributed by atoms with Crippen molar-refractivity contribution in [3.63, 3.8) is 0 Å². The fourth-order valence-corrected chi connectivity index (χ4v) is 3.51. The first-order chi connectivity index (χ1) is 13.0. The lowest BCUT2D eigenvalue weighted by atomic mass is 9.88. The Morgan fingerprint density at radius 1 is 1.11 bits per heavy atom. The molecule has 2 aromatic carbocycles. The first-order valence-electron chi connectivity index (χ1n) is 9.09. The lowest BCUT2D eigenvalue weighted by Crippen LogP contribution is -2.37. The number of fused-ring (bicyclic) bond motifs is 1. The number of ether oxygens (including phenoxy) is 4. The second kappa shape index (κ2) is 7.91. The first-order valence-corrected chi connectivity index (χ1v) is 9.09. The SMILES string of the molecule is COc1c(OCc2ccccc2)c(C)c2c(c1OC)OC(C)(CC=O)CC2. The van der Waals surface area contributed by atoms with Crippen molar-refractivity contribution in [3.05, 3.63) is 47.0 Å². The minimum Gasteiger partial charge on any atom is -0.490 e. The van der Waals surface area contributed by atoms with E-state index in [-0.39, 0.29) is 0 Å². The van der Waals surface area contributed by atoms with Crippen LogP contribution in [0.25, 0.3) is 0 Å². The maximum atomic E-state index is 11.1. The molecule has 0 spiro atoms. The molecule has 1 atom stereocenters. The molecular weight excluding hydrogens is 344 g/mol. The van der Waals surface area contributed by atoms with Crippen LogP contribution in [0.5, 0.6) is 23.0 Å². The van der Waals surface area contributed by atoms with Crippen molar-refractivity contribution in [1.29, 1.82) is 0 Å². The van der Waals surface area contributed by atoms with Gasteiger partial charge in [0.05, 0.1) is 14.2 Å². The van der Waals surface area contributed by atoms with Crippen LogP contribution in [-0.2, 0) is 17.8 Å². The van der Waals surface area contributed by atoms with E-state index in [1.54, 1.807) is 14.2 Å². The molecule has 0 radical (unpaired) electrons. The fourth-order valence-electron chi connectivity index (χ4n) is 3.51. The maximum Gasteiger partial charge on any atom is 0.207 e. The van der Waals surface area contributed by atoms with Gasteiger partial charge in [-0.3, -0.25) is 0 Å². The Kier molecular flexibility index (Phi) is 5.59. The van der Waals surface area contributed by atoms with Crippen molar-refractivity contribution in [2.75, 3.05) is 14.2 Å². The van der Waals surface area contributed by atoms with E-state index >= 15 is 0 Å². The van der Waals surface area contributed by atoms with E-state index in [9.17, 15) is 4.79 Å². The third-order valence-corrected chi connectivity index (χ3v) is 5.09. The van der Waals surface area contributed by atoms with Crippen molar-refractivity contribution < 1.29 is 23.7 Å². The predicted molar refractivity (Wildman–Crippen MR) is 103 cm³/mol. The van der Waals surface area contributed by atoms with E-state index < -0.39 is 5.60 Å². The summed E-state index contributed by atoms with van der Waals surface area (Å²) in [6, 6.07) is 9.98. The molecule has 1 heterocycles. The van der Waals surface area contributed by atoms with Crippen LogP contribution in [0.4, 0.5) is 0 Å². The number of carbonyl (C=O) groups is 1. The average molecular weight is 370 g/mol. The number of methoxy groups -OCH3 is 2. The zero-order valence-electron chi connectivity index (χ0n) is 16.3. The van der Waals surface area contributed by atoms with Gasteiger partial charge in [-0.05, 0) is 32.3 Å². The Bertz CT molecular complexity index is 815. The molecule has 1 unspecified atom stereocenters. The highest BCUT2D eigenvalue weighted by Gasteiger charge is 2.37. The number of benzene rings is 2. The molecule has 5 heteroatoms. The summed E-state index contributed by atoms with van der Waals surface area (Å²) >= 11 is 0. The van der Waals surface area contributed by atoms with Gasteiger partial charge in [-0.15, -0.1) is 0 Å². The van der Waals surface area contributed by atoms with Crippen LogP contribution >= 0.6 is 0 Å². The van der Waals surface area contributed by atoms with Crippen LogP contribution in [0.3, 0.4) is 0 Å². The maximum absolute atomic E-state index is 11.1. The lowest BCUT2D eigenvalue weighted by molar-refractivity contribution is -0.111. The fraction of sp³-hybridized carbons (Fsp3) is 0.409. The molecule has 0 N–H and O–H groups in total. The third-order valence-electron chi connectivity index (χ3n) is 5.09. The van der Waals surface area contributed by atoms with E-state index in [1.807, 2.05) is 44.2 Å². The number of rotatable bonds is 7. The largest absolute Gasteiger partial charge is 0.490 e. The Labute approximate surface area is 160 Å². The van der Waals surface area contributed by atoms with Crippen molar-refractivity contribution >= 4 is 6.29 Å². The molecule has 3 rings (SSSR count). The van der Waals surface area contributed by atoms with Gasteiger partial charge in [0.15, 0.2) is 11.5 Å². The van der Waals surface area contributed by atoms with Gasteiger partial charge in [0, 0.05) is 17.5 Å². The highest BCUT2D eigenvalue weighted by Crippen LogP contribution is 2.53. The molecular formula is C22H26O5. The highest BCUT2D eigenvalue weighted by molar-refractivity contribution is 5.68. The number of aldehydes is 1. The minimum absolute atomic E-state index is 0.337. The lowest BCUT2D eigenvalue weighted by Gasteiger charge is -2.36. The van der Waals surface area contributed by atoms with Crippen LogP contribution in [0.2, 0.25) is 0 Å². The summed E-state index contributed by atoms with van der Waals surface area (Å²) in [6.45, 7) is 4.39. The summed E-state index contributed by atoms with van der Waals surface area (Å²) in [6.07, 6.45) is 2.78. The van der Waals surface area contributed by atoms with Crippen molar-refractivity contribution in [3.8, 4) is 23.0 Å². The monoisotopic (exact) mass is 370 g/mol. The van der Waals surface area contributed by atoms with Gasteiger partial charge in [0.1, 0.15) is 18.5 Å². The predicted octanol–water partition coefficient (Wildman–Crippen LogP) is 4.26. The molecule has 0 saturated heterocycles. The van der Waals surface area contributed by atoms with Crippen LogP contribution < -0.4 is 18.9 Å². The normalized spacial score (nSPS) is 18.2. The zero-order valence-corrected chi connectivity index (χ0v) is 16.3. The molecule has 5 nitrogen and oxygen atoms in total. The van der Waals surface area contributed by atoms with Gasteiger partial charge >= 0.3 is 0 Å². The quantitative estimate of drug-likeness (QED) is 0.682. The molecule has 0 aromatic heterocycles. The summed E-state index contributed by atoms with van der Waals surface area (Å²) in [7, 11) is 3.18. The molecule has 27 heavy (non-hydrogen) atoms. The molecule has 0 saturated carbocycles. The molecule has 1 aliphatic heterocycles. The van der Waals surface area contributed by atoms with E-state index in [1.165, 1.54) is 0 Å². The summed E-state index contributed by atoms with van der Waals surface area (Å²) in [5, 5.41) is 0. The number of hydrogen-bond donors (Lipinski definition) is 0. The third kappa shape index (κ3) is 3.72. The van der Waals surface area contributed by atoms with Gasteiger partial charge in [-0.2, -0.15) is 0 Å². The minimum atomic E-state index is -0.536. The van der Waals surface area contributed by atoms with Crippen molar-refractivity contribution in [1.82, 2.24) is 0 Å². The molecule has 144 valence electrons. The van der Waals surface area contributed by atoms with Crippen LogP contribution in [0, 0.1) is 6.92 Å². The van der Waals surface area contributed by atoms with Gasteiger partial charge < -0.3 is 23.7 Å². The summed E-state index contributed by atoms with van der Waals surface area (Å²) in [4.78, 5) is 11.1. The average Bonchev–Trinajstić information content (AvgIpc) is 2.67. The molecule has 2 aromatic rings. The van der Waals surface area contributed by atoms with E-state index in [4.69, 9.17) is 18.9 Å². The Morgan fingerprint density at radius 2 is 1.81 bits per heavy atom. The number of hydrogen-bond acceptors (Lipinski definition) is 5. The second-order valence-electron chi connectivity index (χ2n) is 7.03. The topological polar surface area (TPSA) is 54.0 Å². The highest BCUT2D eigenvalue weighted by atomic mass is 16.6. The van der Waals surface area contributed by atoms with E-state index in [0.29, 0.717) is 36.0 Å². The van der Waals surface area contributed by atoms with E-state index in [0.717, 1.165) is 35.8 Å². The number of carbonyl (C=O) groups excluding carboxylic acids is 1. The van der Waals surface area contributed by atoms with Crippen LogP contribution in [0.15, 0.2) is 30.3 Å². The van der Waals surface area contributed by atoms with Crippen molar-refractivity contribution in [2.45, 2.75) is 45.3 Å². The molecule has 1 aliphatic rings. The molecule has 0 fully saturated rings. The Balaban J connectivity index is 2.02. The van der Waals surface area contributed by atoms with Crippen LogP contribution in [-0.4, -0.2) is 26.1 Å². The van der Waals surface area contributed by atoms with Gasteiger partial charge in [-0.25, -0.2) is 0 Å². The van der Waals surface area contributed by atoms with Crippen molar-refractivity contribution in [2.24, 2.45) is 0 Å². The van der Waals surface area contributed by atoms with Gasteiger partial charge in [0.25, 0.3) is 0 Å². The van der Waals surface area contributed by atoms with Gasteiger partial charge in [-0.1, -0.05) is 30.3 Å². The molecule has 0 amide bonds. The summed E-state index contributed by atoms with van der Waals surface area (Å²) in [5.74, 6) is 2.34. The molecule has 0 aliphatic carbocycles. The summed E-state index contributed by atoms with van der Waals surface area (Å²) < 4.78 is 23.6. The standard InChI is InChI=1S/C22H26O5/c1-15-17-10-11-22(2,12-13-23)27-19(17)21(25-4)20(24-3)18(15)26-14-16-8-6-5-7-9-16/h5-9,13H,10-12,14H2,1-4H3. The van der Waals surface area contributed by atoms with Gasteiger partial charge in [0.2, 0.25) is 11.5 Å².